The van der Waals surface area contributed by atoms with E-state index in [4.69, 9.17) is 5.73 Å². The van der Waals surface area contributed by atoms with Gasteiger partial charge in [-0.15, -0.1) is 0 Å². The predicted octanol–water partition coefficient (Wildman–Crippen LogP) is 1.03. The smallest absolute Gasteiger partial charge is 0.149 e. The van der Waals surface area contributed by atoms with Crippen molar-refractivity contribution >= 4 is 11.5 Å². The number of likely N-dealkylation sites (N-methyl/N-ethyl adjacent to an activating group) is 1. The molecule has 14 heavy (non-hydrogen) atoms. The first-order valence-corrected chi connectivity index (χ1v) is 4.87. The molecular weight excluding hydrogens is 176 g/mol. The number of rotatable bonds is 5. The zero-order valence-corrected chi connectivity index (χ0v) is 8.83. The highest BCUT2D eigenvalue weighted by Crippen LogP contribution is 2.11. The van der Waals surface area contributed by atoms with E-state index >= 15 is 0 Å². The molecular formula is C10H18N4. The second-order valence-corrected chi connectivity index (χ2v) is 3.26. The number of pyridine rings is 1. The van der Waals surface area contributed by atoms with Gasteiger partial charge in [-0.2, -0.15) is 0 Å². The van der Waals surface area contributed by atoms with Crippen LogP contribution in [0.3, 0.4) is 0 Å². The summed E-state index contributed by atoms with van der Waals surface area (Å²) in [7, 11) is 2.09. The lowest BCUT2D eigenvalue weighted by Gasteiger charge is -2.14. The van der Waals surface area contributed by atoms with Gasteiger partial charge in [-0.3, -0.25) is 0 Å². The Hall–Kier alpha value is -1.29. The van der Waals surface area contributed by atoms with Gasteiger partial charge in [-0.25, -0.2) is 4.98 Å². The minimum absolute atomic E-state index is 0.701. The van der Waals surface area contributed by atoms with Crippen LogP contribution in [0.15, 0.2) is 18.3 Å². The first-order chi connectivity index (χ1) is 6.74. The summed E-state index contributed by atoms with van der Waals surface area (Å²) in [5, 5.41) is 3.20. The summed E-state index contributed by atoms with van der Waals surface area (Å²) in [6.07, 6.45) is 1.74. The maximum absolute atomic E-state index is 5.73. The largest absolute Gasteiger partial charge is 0.396 e. The van der Waals surface area contributed by atoms with Gasteiger partial charge >= 0.3 is 0 Å². The zero-order chi connectivity index (χ0) is 10.4. The Kier molecular flexibility index (Phi) is 4.19. The first-order valence-electron chi connectivity index (χ1n) is 4.87. The average Bonchev–Trinajstić information content (AvgIpc) is 2.20. The highest BCUT2D eigenvalue weighted by Gasteiger charge is 1.98. The molecule has 0 atom stereocenters. The molecule has 1 rings (SSSR count). The highest BCUT2D eigenvalue weighted by atomic mass is 15.1. The standard InChI is InChI=1S/C10H18N4/c1-3-14(2)8-7-13-10-9(11)5-4-6-12-10/h4-6H,3,7-8,11H2,1-2H3,(H,12,13). The van der Waals surface area contributed by atoms with Gasteiger partial charge in [-0.05, 0) is 25.7 Å². The van der Waals surface area contributed by atoms with Crippen LogP contribution in [0.1, 0.15) is 6.92 Å². The Labute approximate surface area is 85.1 Å². The molecule has 0 radical (unpaired) electrons. The third-order valence-corrected chi connectivity index (χ3v) is 2.16. The fourth-order valence-electron chi connectivity index (χ4n) is 1.09. The number of anilines is 2. The molecule has 0 amide bonds. The molecule has 0 bridgehead atoms. The van der Waals surface area contributed by atoms with E-state index in [1.807, 2.05) is 12.1 Å². The fourth-order valence-corrected chi connectivity index (χ4v) is 1.09. The number of nitrogen functional groups attached to an aromatic ring is 1. The van der Waals surface area contributed by atoms with Crippen LogP contribution in [-0.2, 0) is 0 Å². The molecule has 0 aliphatic carbocycles. The van der Waals surface area contributed by atoms with E-state index in [0.29, 0.717) is 5.69 Å². The van der Waals surface area contributed by atoms with E-state index in [9.17, 15) is 0 Å². The first kappa shape index (κ1) is 10.8. The Bertz CT molecular complexity index is 275. The highest BCUT2D eigenvalue weighted by molar-refractivity contribution is 5.60. The molecule has 1 aromatic heterocycles. The molecule has 0 aromatic carbocycles. The SMILES string of the molecule is CCN(C)CCNc1ncccc1N. The molecule has 0 saturated heterocycles. The van der Waals surface area contributed by atoms with E-state index in [0.717, 1.165) is 25.5 Å². The molecule has 4 heteroatoms. The van der Waals surface area contributed by atoms with E-state index in [1.165, 1.54) is 0 Å². The van der Waals surface area contributed by atoms with Crippen LogP contribution < -0.4 is 11.1 Å². The summed E-state index contributed by atoms with van der Waals surface area (Å²) in [5.41, 5.74) is 6.43. The van der Waals surface area contributed by atoms with Crippen molar-refractivity contribution < 1.29 is 0 Å². The van der Waals surface area contributed by atoms with Crippen LogP contribution in [-0.4, -0.2) is 36.6 Å². The monoisotopic (exact) mass is 194 g/mol. The van der Waals surface area contributed by atoms with Gasteiger partial charge in [-0.1, -0.05) is 6.92 Å². The van der Waals surface area contributed by atoms with Crippen LogP contribution in [0.5, 0.6) is 0 Å². The summed E-state index contributed by atoms with van der Waals surface area (Å²) in [6.45, 7) is 5.05. The molecule has 1 heterocycles. The zero-order valence-electron chi connectivity index (χ0n) is 8.83. The third-order valence-electron chi connectivity index (χ3n) is 2.16. The fraction of sp³-hybridized carbons (Fsp3) is 0.500. The second kappa shape index (κ2) is 5.44. The number of nitrogens with two attached hydrogens (primary N) is 1. The Balaban J connectivity index is 2.35. The van der Waals surface area contributed by atoms with Crippen molar-refractivity contribution in [1.82, 2.24) is 9.88 Å². The molecule has 0 spiro atoms. The maximum atomic E-state index is 5.73. The van der Waals surface area contributed by atoms with Crippen LogP contribution in [0, 0.1) is 0 Å². The Morgan fingerprint density at radius 3 is 3.00 bits per heavy atom. The molecule has 4 nitrogen and oxygen atoms in total. The second-order valence-electron chi connectivity index (χ2n) is 3.26. The van der Waals surface area contributed by atoms with Crippen LogP contribution >= 0.6 is 0 Å². The number of hydrogen-bond donors (Lipinski definition) is 2. The van der Waals surface area contributed by atoms with E-state index < -0.39 is 0 Å². The molecule has 0 fully saturated rings. The van der Waals surface area contributed by atoms with Crippen molar-refractivity contribution in [3.8, 4) is 0 Å². The Morgan fingerprint density at radius 1 is 1.57 bits per heavy atom. The van der Waals surface area contributed by atoms with Gasteiger partial charge in [0, 0.05) is 19.3 Å². The van der Waals surface area contributed by atoms with Gasteiger partial charge in [0.25, 0.3) is 0 Å². The van der Waals surface area contributed by atoms with E-state index in [2.05, 4.69) is 29.2 Å². The minimum atomic E-state index is 0.701. The van der Waals surface area contributed by atoms with Crippen LogP contribution in [0.25, 0.3) is 0 Å². The van der Waals surface area contributed by atoms with Crippen molar-refractivity contribution in [2.45, 2.75) is 6.92 Å². The Morgan fingerprint density at radius 2 is 2.36 bits per heavy atom. The van der Waals surface area contributed by atoms with Gasteiger partial charge in [0.05, 0.1) is 5.69 Å². The average molecular weight is 194 g/mol. The van der Waals surface area contributed by atoms with Gasteiger partial charge in [0.1, 0.15) is 5.82 Å². The molecule has 0 unspecified atom stereocenters. The summed E-state index contributed by atoms with van der Waals surface area (Å²) < 4.78 is 0. The van der Waals surface area contributed by atoms with Crippen molar-refractivity contribution in [2.75, 3.05) is 37.7 Å². The molecule has 3 N–H and O–H groups in total. The number of aromatic nitrogens is 1. The molecule has 1 aromatic rings. The maximum Gasteiger partial charge on any atom is 0.149 e. The lowest BCUT2D eigenvalue weighted by atomic mass is 10.4. The summed E-state index contributed by atoms with van der Waals surface area (Å²) in [6, 6.07) is 3.68. The van der Waals surface area contributed by atoms with Crippen molar-refractivity contribution in [1.29, 1.82) is 0 Å². The molecule has 0 aliphatic rings. The summed E-state index contributed by atoms with van der Waals surface area (Å²) in [4.78, 5) is 6.37. The van der Waals surface area contributed by atoms with Gasteiger partial charge in [0.2, 0.25) is 0 Å². The normalized spacial score (nSPS) is 10.5. The molecule has 0 saturated carbocycles. The topological polar surface area (TPSA) is 54.2 Å². The molecule has 0 aliphatic heterocycles. The number of nitrogens with one attached hydrogen (secondary N) is 1. The third kappa shape index (κ3) is 3.22. The quantitative estimate of drug-likeness (QED) is 0.735. The van der Waals surface area contributed by atoms with Crippen LogP contribution in [0.4, 0.5) is 11.5 Å². The van der Waals surface area contributed by atoms with E-state index in [-0.39, 0.29) is 0 Å². The summed E-state index contributed by atoms with van der Waals surface area (Å²) in [5.74, 6) is 0.775. The summed E-state index contributed by atoms with van der Waals surface area (Å²) >= 11 is 0. The lowest BCUT2D eigenvalue weighted by Crippen LogP contribution is -2.25. The van der Waals surface area contributed by atoms with Crippen molar-refractivity contribution in [3.05, 3.63) is 18.3 Å². The van der Waals surface area contributed by atoms with E-state index in [1.54, 1.807) is 6.20 Å². The number of hydrogen-bond acceptors (Lipinski definition) is 4. The molecule has 78 valence electrons. The van der Waals surface area contributed by atoms with Crippen molar-refractivity contribution in [3.63, 3.8) is 0 Å². The van der Waals surface area contributed by atoms with Gasteiger partial charge < -0.3 is 16.0 Å². The van der Waals surface area contributed by atoms with Crippen LogP contribution in [0.2, 0.25) is 0 Å². The lowest BCUT2D eigenvalue weighted by molar-refractivity contribution is 0.367. The number of nitrogens with zero attached hydrogens (tertiary/aromatic N) is 2. The predicted molar refractivity (Wildman–Crippen MR) is 60.3 cm³/mol. The van der Waals surface area contributed by atoms with Gasteiger partial charge in [0.15, 0.2) is 0 Å². The minimum Gasteiger partial charge on any atom is -0.396 e. The van der Waals surface area contributed by atoms with Crippen molar-refractivity contribution in [2.24, 2.45) is 0 Å².